The van der Waals surface area contributed by atoms with Gasteiger partial charge >= 0.3 is 6.09 Å². The molecule has 0 radical (unpaired) electrons. The highest BCUT2D eigenvalue weighted by atomic mass is 16.6. The average molecular weight is 297 g/mol. The van der Waals surface area contributed by atoms with E-state index < -0.39 is 17.7 Å². The Balaban J connectivity index is 2.33. The van der Waals surface area contributed by atoms with Crippen molar-refractivity contribution in [3.05, 3.63) is 12.7 Å². The van der Waals surface area contributed by atoms with Gasteiger partial charge in [0.2, 0.25) is 11.8 Å². The van der Waals surface area contributed by atoms with Crippen LogP contribution in [0.25, 0.3) is 0 Å². The number of hydrogen-bond donors (Lipinski definition) is 2. The number of ether oxygens (including phenoxy) is 1. The van der Waals surface area contributed by atoms with Crippen LogP contribution in [0.15, 0.2) is 12.7 Å². The SMILES string of the molecule is C=CC(=O)NCCNC(=O)C1CCN1C(=O)OC(C)(C)C. The summed E-state index contributed by atoms with van der Waals surface area (Å²) in [6, 6.07) is -0.491. The van der Waals surface area contributed by atoms with Crippen molar-refractivity contribution in [2.24, 2.45) is 0 Å². The van der Waals surface area contributed by atoms with Gasteiger partial charge in [-0.3, -0.25) is 14.5 Å². The van der Waals surface area contributed by atoms with E-state index in [1.807, 2.05) is 0 Å². The summed E-state index contributed by atoms with van der Waals surface area (Å²) in [6.07, 6.45) is 1.30. The summed E-state index contributed by atoms with van der Waals surface area (Å²) in [6.45, 7) is 9.80. The van der Waals surface area contributed by atoms with Gasteiger partial charge in [0, 0.05) is 19.6 Å². The van der Waals surface area contributed by atoms with Crippen LogP contribution in [0.5, 0.6) is 0 Å². The molecule has 0 aliphatic carbocycles. The molecule has 118 valence electrons. The van der Waals surface area contributed by atoms with E-state index in [0.717, 1.165) is 6.08 Å². The van der Waals surface area contributed by atoms with Crippen LogP contribution in [-0.2, 0) is 14.3 Å². The summed E-state index contributed by atoms with van der Waals surface area (Å²) >= 11 is 0. The quantitative estimate of drug-likeness (QED) is 0.568. The van der Waals surface area contributed by atoms with Gasteiger partial charge < -0.3 is 15.4 Å². The number of carbonyl (C=O) groups is 3. The summed E-state index contributed by atoms with van der Waals surface area (Å²) in [5.74, 6) is -0.525. The van der Waals surface area contributed by atoms with Crippen molar-refractivity contribution in [2.75, 3.05) is 19.6 Å². The monoisotopic (exact) mass is 297 g/mol. The first-order chi connectivity index (χ1) is 9.74. The maximum atomic E-state index is 11.9. The predicted molar refractivity (Wildman–Crippen MR) is 77.6 cm³/mol. The molecule has 1 saturated heterocycles. The van der Waals surface area contributed by atoms with E-state index in [4.69, 9.17) is 4.74 Å². The second kappa shape index (κ2) is 7.10. The van der Waals surface area contributed by atoms with Gasteiger partial charge in [-0.2, -0.15) is 0 Å². The number of rotatable bonds is 5. The molecule has 1 atom stereocenters. The first kappa shape index (κ1) is 17.0. The Morgan fingerprint density at radius 3 is 2.38 bits per heavy atom. The average Bonchev–Trinajstić information content (AvgIpc) is 2.30. The summed E-state index contributed by atoms with van der Waals surface area (Å²) in [7, 11) is 0. The third-order valence-electron chi connectivity index (χ3n) is 2.86. The Kier molecular flexibility index (Phi) is 5.75. The van der Waals surface area contributed by atoms with E-state index in [9.17, 15) is 14.4 Å². The van der Waals surface area contributed by atoms with E-state index in [-0.39, 0.29) is 11.8 Å². The van der Waals surface area contributed by atoms with Gasteiger partial charge in [-0.05, 0) is 33.3 Å². The Labute approximate surface area is 124 Å². The van der Waals surface area contributed by atoms with E-state index in [1.54, 1.807) is 20.8 Å². The van der Waals surface area contributed by atoms with Gasteiger partial charge in [0.1, 0.15) is 11.6 Å². The van der Waals surface area contributed by atoms with E-state index in [1.165, 1.54) is 4.90 Å². The molecule has 0 spiro atoms. The predicted octanol–water partition coefficient (Wildman–Crippen LogP) is 0.414. The normalized spacial score (nSPS) is 17.5. The Morgan fingerprint density at radius 2 is 1.90 bits per heavy atom. The van der Waals surface area contributed by atoms with Crippen molar-refractivity contribution in [1.82, 2.24) is 15.5 Å². The number of carbonyl (C=O) groups excluding carboxylic acids is 3. The third kappa shape index (κ3) is 5.45. The highest BCUT2D eigenvalue weighted by molar-refractivity contribution is 5.88. The van der Waals surface area contributed by atoms with Gasteiger partial charge in [0.15, 0.2) is 0 Å². The second-order valence-electron chi connectivity index (χ2n) is 5.76. The van der Waals surface area contributed by atoms with Crippen molar-refractivity contribution in [1.29, 1.82) is 0 Å². The maximum absolute atomic E-state index is 11.9. The highest BCUT2D eigenvalue weighted by Crippen LogP contribution is 2.21. The summed E-state index contributed by atoms with van der Waals surface area (Å²) in [4.78, 5) is 36.1. The van der Waals surface area contributed by atoms with Gasteiger partial charge in [-0.1, -0.05) is 6.58 Å². The van der Waals surface area contributed by atoms with Gasteiger partial charge in [0.25, 0.3) is 0 Å². The zero-order valence-electron chi connectivity index (χ0n) is 12.8. The van der Waals surface area contributed by atoms with Gasteiger partial charge in [-0.15, -0.1) is 0 Å². The fraction of sp³-hybridized carbons (Fsp3) is 0.643. The Bertz CT molecular complexity index is 428. The van der Waals surface area contributed by atoms with Crippen molar-refractivity contribution in [3.8, 4) is 0 Å². The zero-order valence-corrected chi connectivity index (χ0v) is 12.8. The summed E-state index contributed by atoms with van der Waals surface area (Å²) in [5.41, 5.74) is -0.581. The van der Waals surface area contributed by atoms with Crippen molar-refractivity contribution in [2.45, 2.75) is 38.8 Å². The van der Waals surface area contributed by atoms with Crippen LogP contribution in [0.3, 0.4) is 0 Å². The molecule has 1 heterocycles. The standard InChI is InChI=1S/C14H23N3O4/c1-5-11(18)15-7-8-16-12(19)10-6-9-17(10)13(20)21-14(2,3)4/h5,10H,1,6-9H2,2-4H3,(H,15,18)(H,16,19). The van der Waals surface area contributed by atoms with E-state index >= 15 is 0 Å². The second-order valence-corrected chi connectivity index (χ2v) is 5.76. The maximum Gasteiger partial charge on any atom is 0.410 e. The van der Waals surface area contributed by atoms with Crippen LogP contribution in [-0.4, -0.2) is 54.1 Å². The smallest absolute Gasteiger partial charge is 0.410 e. The third-order valence-corrected chi connectivity index (χ3v) is 2.86. The molecule has 1 fully saturated rings. The molecule has 21 heavy (non-hydrogen) atoms. The van der Waals surface area contributed by atoms with Crippen molar-refractivity contribution < 1.29 is 19.1 Å². The Hall–Kier alpha value is -2.05. The summed E-state index contributed by atoms with van der Waals surface area (Å²) < 4.78 is 5.23. The van der Waals surface area contributed by atoms with Gasteiger partial charge in [0.05, 0.1) is 0 Å². The van der Waals surface area contributed by atoms with E-state index in [2.05, 4.69) is 17.2 Å². The highest BCUT2D eigenvalue weighted by Gasteiger charge is 2.39. The lowest BCUT2D eigenvalue weighted by molar-refractivity contribution is -0.130. The minimum atomic E-state index is -0.581. The molecule has 1 rings (SSSR count). The number of amides is 3. The van der Waals surface area contributed by atoms with Crippen LogP contribution >= 0.6 is 0 Å². The first-order valence-electron chi connectivity index (χ1n) is 6.92. The molecule has 0 aromatic heterocycles. The molecular formula is C14H23N3O4. The first-order valence-corrected chi connectivity index (χ1v) is 6.92. The molecular weight excluding hydrogens is 274 g/mol. The van der Waals surface area contributed by atoms with Crippen molar-refractivity contribution in [3.63, 3.8) is 0 Å². The molecule has 7 heteroatoms. The number of likely N-dealkylation sites (tertiary alicyclic amines) is 1. The minimum absolute atomic E-state index is 0.236. The molecule has 0 bridgehead atoms. The number of nitrogens with one attached hydrogen (secondary N) is 2. The lowest BCUT2D eigenvalue weighted by atomic mass is 10.0. The number of nitrogens with zero attached hydrogens (tertiary/aromatic N) is 1. The largest absolute Gasteiger partial charge is 0.444 e. The van der Waals surface area contributed by atoms with Crippen LogP contribution in [0.1, 0.15) is 27.2 Å². The Morgan fingerprint density at radius 1 is 1.29 bits per heavy atom. The fourth-order valence-corrected chi connectivity index (χ4v) is 1.76. The zero-order chi connectivity index (χ0) is 16.0. The van der Waals surface area contributed by atoms with Gasteiger partial charge in [-0.25, -0.2) is 4.79 Å². The molecule has 3 amide bonds. The molecule has 0 aromatic carbocycles. The fourth-order valence-electron chi connectivity index (χ4n) is 1.76. The molecule has 0 saturated carbocycles. The molecule has 7 nitrogen and oxygen atoms in total. The van der Waals surface area contributed by atoms with Crippen molar-refractivity contribution >= 4 is 17.9 Å². The number of hydrogen-bond acceptors (Lipinski definition) is 4. The summed E-state index contributed by atoms with van der Waals surface area (Å²) in [5, 5.41) is 5.23. The van der Waals surface area contributed by atoms with Crippen LogP contribution in [0, 0.1) is 0 Å². The minimum Gasteiger partial charge on any atom is -0.444 e. The van der Waals surface area contributed by atoms with Crippen LogP contribution in [0.4, 0.5) is 4.79 Å². The lowest BCUT2D eigenvalue weighted by Gasteiger charge is -2.40. The molecule has 2 N–H and O–H groups in total. The molecule has 1 unspecified atom stereocenters. The van der Waals surface area contributed by atoms with Crippen LogP contribution in [0.2, 0.25) is 0 Å². The van der Waals surface area contributed by atoms with Crippen LogP contribution < -0.4 is 10.6 Å². The topological polar surface area (TPSA) is 87.7 Å². The van der Waals surface area contributed by atoms with E-state index in [0.29, 0.717) is 26.1 Å². The molecule has 1 aliphatic heterocycles. The molecule has 0 aromatic rings. The molecule has 1 aliphatic rings. The lowest BCUT2D eigenvalue weighted by Crippen LogP contribution is -2.59.